The molecular formula is C9H7F2. The Morgan fingerprint density at radius 3 is 1.82 bits per heavy atom. The zero-order chi connectivity index (χ0) is 7.84. The third-order valence-electron chi connectivity index (χ3n) is 1.97. The van der Waals surface area contributed by atoms with Gasteiger partial charge in [0.2, 0.25) is 0 Å². The van der Waals surface area contributed by atoms with Crippen LogP contribution in [0.5, 0.6) is 0 Å². The fraction of sp³-hybridized carbons (Fsp3) is 0.222. The first-order chi connectivity index (χ1) is 5.27. The van der Waals surface area contributed by atoms with Crippen molar-refractivity contribution in [2.75, 3.05) is 0 Å². The van der Waals surface area contributed by atoms with Crippen LogP contribution in [0.25, 0.3) is 0 Å². The van der Waals surface area contributed by atoms with E-state index in [9.17, 15) is 8.78 Å². The average molecular weight is 153 g/mol. The molecular weight excluding hydrogens is 146 g/mol. The second-order valence-electron chi connectivity index (χ2n) is 2.73. The maximum Gasteiger partial charge on any atom is 0.159 e. The molecule has 0 unspecified atom stereocenters. The third-order valence-corrected chi connectivity index (χ3v) is 1.97. The Balaban J connectivity index is 2.57. The van der Waals surface area contributed by atoms with Gasteiger partial charge in [-0.05, 0) is 42.5 Å². The van der Waals surface area contributed by atoms with E-state index >= 15 is 0 Å². The van der Waals surface area contributed by atoms with Crippen LogP contribution in [-0.2, 0) is 12.8 Å². The van der Waals surface area contributed by atoms with Crippen molar-refractivity contribution in [2.24, 2.45) is 0 Å². The van der Waals surface area contributed by atoms with Crippen molar-refractivity contribution >= 4 is 0 Å². The van der Waals surface area contributed by atoms with E-state index in [2.05, 4.69) is 0 Å². The quantitative estimate of drug-likeness (QED) is 0.536. The maximum atomic E-state index is 12.6. The molecule has 1 aromatic rings. The lowest BCUT2D eigenvalue weighted by Gasteiger charge is -1.98. The largest absolute Gasteiger partial charge is 0.204 e. The molecule has 11 heavy (non-hydrogen) atoms. The average Bonchev–Trinajstić information content (AvgIpc) is 2.36. The van der Waals surface area contributed by atoms with E-state index in [4.69, 9.17) is 0 Å². The van der Waals surface area contributed by atoms with E-state index in [1.165, 1.54) is 12.1 Å². The summed E-state index contributed by atoms with van der Waals surface area (Å²) in [5.41, 5.74) is 1.84. The fourth-order valence-electron chi connectivity index (χ4n) is 1.39. The lowest BCUT2D eigenvalue weighted by atomic mass is 10.1. The second kappa shape index (κ2) is 2.29. The number of fused-ring (bicyclic) bond motifs is 1. The second-order valence-corrected chi connectivity index (χ2v) is 2.73. The third kappa shape index (κ3) is 1.02. The molecule has 0 nitrogen and oxygen atoms in total. The summed E-state index contributed by atoms with van der Waals surface area (Å²) in [7, 11) is 0. The van der Waals surface area contributed by atoms with Crippen molar-refractivity contribution in [3.63, 3.8) is 0 Å². The molecule has 0 N–H and O–H groups in total. The van der Waals surface area contributed by atoms with Gasteiger partial charge in [0, 0.05) is 0 Å². The zero-order valence-corrected chi connectivity index (χ0v) is 5.90. The minimum absolute atomic E-state index is 0.737. The molecule has 0 bridgehead atoms. The molecule has 0 saturated heterocycles. The van der Waals surface area contributed by atoms with E-state index < -0.39 is 11.6 Å². The standard InChI is InChI=1S/C9H7F2/c10-8-4-6-2-1-3-7(6)5-9(8)11/h1,4-5H,2-3H2. The first kappa shape index (κ1) is 6.77. The van der Waals surface area contributed by atoms with E-state index in [-0.39, 0.29) is 0 Å². The molecule has 0 amide bonds. The van der Waals surface area contributed by atoms with Crippen molar-refractivity contribution in [1.82, 2.24) is 0 Å². The van der Waals surface area contributed by atoms with Crippen LogP contribution in [0.2, 0.25) is 0 Å². The first-order valence-corrected chi connectivity index (χ1v) is 3.56. The highest BCUT2D eigenvalue weighted by molar-refractivity contribution is 5.35. The summed E-state index contributed by atoms with van der Waals surface area (Å²) >= 11 is 0. The summed E-state index contributed by atoms with van der Waals surface area (Å²) < 4.78 is 25.2. The van der Waals surface area contributed by atoms with Gasteiger partial charge in [-0.3, -0.25) is 0 Å². The Bertz CT molecular complexity index is 263. The van der Waals surface area contributed by atoms with Gasteiger partial charge >= 0.3 is 0 Å². The van der Waals surface area contributed by atoms with Crippen molar-refractivity contribution in [1.29, 1.82) is 0 Å². The van der Waals surface area contributed by atoms with Crippen molar-refractivity contribution in [3.05, 3.63) is 41.3 Å². The Morgan fingerprint density at radius 2 is 1.36 bits per heavy atom. The predicted molar refractivity (Wildman–Crippen MR) is 38.1 cm³/mol. The number of hydrogen-bond acceptors (Lipinski definition) is 0. The van der Waals surface area contributed by atoms with E-state index in [0.29, 0.717) is 0 Å². The summed E-state index contributed by atoms with van der Waals surface area (Å²) in [4.78, 5) is 0. The minimum Gasteiger partial charge on any atom is -0.204 e. The topological polar surface area (TPSA) is 0 Å². The Kier molecular flexibility index (Phi) is 1.41. The van der Waals surface area contributed by atoms with E-state index in [1.54, 1.807) is 0 Å². The van der Waals surface area contributed by atoms with Gasteiger partial charge in [0.05, 0.1) is 0 Å². The first-order valence-electron chi connectivity index (χ1n) is 3.56. The van der Waals surface area contributed by atoms with Gasteiger partial charge < -0.3 is 0 Å². The van der Waals surface area contributed by atoms with E-state index in [1.807, 2.05) is 6.42 Å². The van der Waals surface area contributed by atoms with Gasteiger partial charge in [0.25, 0.3) is 0 Å². The van der Waals surface area contributed by atoms with Gasteiger partial charge in [0.15, 0.2) is 11.6 Å². The molecule has 2 rings (SSSR count). The van der Waals surface area contributed by atoms with Crippen LogP contribution in [-0.4, -0.2) is 0 Å². The molecule has 0 heterocycles. The van der Waals surface area contributed by atoms with Gasteiger partial charge in [0.1, 0.15) is 0 Å². The molecule has 2 heteroatoms. The van der Waals surface area contributed by atoms with E-state index in [0.717, 1.165) is 24.0 Å². The summed E-state index contributed by atoms with van der Waals surface area (Å²) in [5.74, 6) is -1.47. The van der Waals surface area contributed by atoms with Gasteiger partial charge in [-0.25, -0.2) is 8.78 Å². The van der Waals surface area contributed by atoms with Crippen molar-refractivity contribution in [3.8, 4) is 0 Å². The van der Waals surface area contributed by atoms with Crippen LogP contribution >= 0.6 is 0 Å². The number of rotatable bonds is 0. The Labute approximate surface area is 63.9 Å². The highest BCUT2D eigenvalue weighted by Crippen LogP contribution is 2.23. The SMILES string of the molecule is Fc1cc2c(cc1F)C[CH]C2. The lowest BCUT2D eigenvalue weighted by molar-refractivity contribution is 0.507. The highest BCUT2D eigenvalue weighted by Gasteiger charge is 2.14. The molecule has 1 aliphatic carbocycles. The van der Waals surface area contributed by atoms with Gasteiger partial charge in [-0.1, -0.05) is 0 Å². The fourth-order valence-corrected chi connectivity index (χ4v) is 1.39. The van der Waals surface area contributed by atoms with Gasteiger partial charge in [-0.2, -0.15) is 0 Å². The normalized spacial score (nSPS) is 15.1. The summed E-state index contributed by atoms with van der Waals surface area (Å²) in [5, 5.41) is 0. The number of halogens is 2. The molecule has 57 valence electrons. The van der Waals surface area contributed by atoms with Crippen molar-refractivity contribution in [2.45, 2.75) is 12.8 Å². The summed E-state index contributed by atoms with van der Waals surface area (Å²) in [6, 6.07) is 2.57. The molecule has 0 aliphatic heterocycles. The molecule has 1 aromatic carbocycles. The van der Waals surface area contributed by atoms with Crippen LogP contribution in [0.3, 0.4) is 0 Å². The van der Waals surface area contributed by atoms with Gasteiger partial charge in [-0.15, -0.1) is 0 Å². The molecule has 0 spiro atoms. The monoisotopic (exact) mass is 153 g/mol. The van der Waals surface area contributed by atoms with Crippen LogP contribution < -0.4 is 0 Å². The van der Waals surface area contributed by atoms with Crippen molar-refractivity contribution < 1.29 is 8.78 Å². The smallest absolute Gasteiger partial charge is 0.159 e. The van der Waals surface area contributed by atoms with Crippen LogP contribution in [0, 0.1) is 18.1 Å². The molecule has 0 saturated carbocycles. The number of hydrogen-bond donors (Lipinski definition) is 0. The van der Waals surface area contributed by atoms with Crippen LogP contribution in [0.1, 0.15) is 11.1 Å². The van der Waals surface area contributed by atoms with Crippen LogP contribution in [0.15, 0.2) is 12.1 Å². The molecule has 0 aromatic heterocycles. The Hall–Kier alpha value is -0.920. The molecule has 0 atom stereocenters. The molecule has 1 aliphatic rings. The minimum atomic E-state index is -0.737. The predicted octanol–water partition coefficient (Wildman–Crippen LogP) is 2.27. The highest BCUT2D eigenvalue weighted by atomic mass is 19.2. The lowest BCUT2D eigenvalue weighted by Crippen LogP contribution is -1.89. The zero-order valence-electron chi connectivity index (χ0n) is 5.90. The summed E-state index contributed by atoms with van der Waals surface area (Å²) in [6.07, 6.45) is 3.56. The maximum absolute atomic E-state index is 12.6. The summed E-state index contributed by atoms with van der Waals surface area (Å²) in [6.45, 7) is 0. The number of benzene rings is 1. The Morgan fingerprint density at radius 1 is 0.909 bits per heavy atom. The van der Waals surface area contributed by atoms with Crippen LogP contribution in [0.4, 0.5) is 8.78 Å². The molecule has 0 fully saturated rings. The molecule has 1 radical (unpaired) electrons.